The summed E-state index contributed by atoms with van der Waals surface area (Å²) in [5.41, 5.74) is 0.0548. The van der Waals surface area contributed by atoms with Crippen molar-refractivity contribution >= 4 is 6.29 Å². The molecule has 0 bridgehead atoms. The van der Waals surface area contributed by atoms with Crippen molar-refractivity contribution in [3.63, 3.8) is 0 Å². The summed E-state index contributed by atoms with van der Waals surface area (Å²) in [6, 6.07) is 1.31. The average Bonchev–Trinajstić information content (AvgIpc) is 2.29. The van der Waals surface area contributed by atoms with Crippen LogP contribution in [0.3, 0.4) is 0 Å². The molecule has 0 aliphatic heterocycles. The number of rotatable bonds is 6. The van der Waals surface area contributed by atoms with Crippen molar-refractivity contribution < 1.29 is 27.1 Å². The molecule has 1 heterocycles. The van der Waals surface area contributed by atoms with Crippen LogP contribution >= 0.6 is 0 Å². The Morgan fingerprint density at radius 1 is 1.47 bits per heavy atom. The van der Waals surface area contributed by atoms with Crippen LogP contribution in [-0.4, -0.2) is 35.2 Å². The van der Waals surface area contributed by atoms with E-state index in [1.54, 1.807) is 0 Å². The van der Waals surface area contributed by atoms with Gasteiger partial charge in [0, 0.05) is 6.20 Å². The van der Waals surface area contributed by atoms with Gasteiger partial charge in [0.15, 0.2) is 12.1 Å². The fourth-order valence-corrected chi connectivity index (χ4v) is 0.891. The first-order valence-corrected chi connectivity index (χ1v) is 4.46. The molecule has 94 valence electrons. The molecule has 1 aromatic heterocycles. The van der Waals surface area contributed by atoms with E-state index in [2.05, 4.69) is 14.7 Å². The predicted octanol–water partition coefficient (Wildman–Crippen LogP) is 1.71. The first-order valence-electron chi connectivity index (χ1n) is 4.46. The van der Waals surface area contributed by atoms with E-state index < -0.39 is 25.6 Å². The van der Waals surface area contributed by atoms with Crippen molar-refractivity contribution in [1.82, 2.24) is 9.97 Å². The highest BCUT2D eigenvalue weighted by atomic mass is 19.3. The molecule has 0 saturated heterocycles. The van der Waals surface area contributed by atoms with Crippen LogP contribution in [0.4, 0.5) is 17.6 Å². The normalized spacial score (nSPS) is 11.8. The van der Waals surface area contributed by atoms with Crippen molar-refractivity contribution in [3.8, 4) is 0 Å². The van der Waals surface area contributed by atoms with Crippen molar-refractivity contribution in [2.24, 2.45) is 0 Å². The van der Waals surface area contributed by atoms with E-state index in [0.29, 0.717) is 6.29 Å². The van der Waals surface area contributed by atoms with Gasteiger partial charge >= 0.3 is 12.3 Å². The van der Waals surface area contributed by atoms with Crippen molar-refractivity contribution in [2.45, 2.75) is 19.0 Å². The molecule has 0 spiro atoms. The fraction of sp³-hybridized carbons (Fsp3) is 0.444. The van der Waals surface area contributed by atoms with Gasteiger partial charge in [-0.3, -0.25) is 4.79 Å². The monoisotopic (exact) mass is 252 g/mol. The summed E-state index contributed by atoms with van der Waals surface area (Å²) >= 11 is 0. The lowest BCUT2D eigenvalue weighted by atomic mass is 10.4. The van der Waals surface area contributed by atoms with Crippen molar-refractivity contribution in [1.29, 1.82) is 0 Å². The Labute approximate surface area is 93.6 Å². The number of nitrogens with zero attached hydrogens (tertiary/aromatic N) is 2. The maximum Gasteiger partial charge on any atom is 0.330 e. The third kappa shape index (κ3) is 4.06. The van der Waals surface area contributed by atoms with E-state index in [1.165, 1.54) is 12.3 Å². The minimum atomic E-state index is -4.21. The number of hydrogen-bond acceptors (Lipinski definition) is 4. The van der Waals surface area contributed by atoms with Crippen LogP contribution in [0.2, 0.25) is 0 Å². The number of hydrogen-bond donors (Lipinski definition) is 0. The molecule has 0 unspecified atom stereocenters. The van der Waals surface area contributed by atoms with Crippen LogP contribution in [0.5, 0.6) is 0 Å². The van der Waals surface area contributed by atoms with Crippen LogP contribution < -0.4 is 0 Å². The zero-order valence-corrected chi connectivity index (χ0v) is 8.45. The highest BCUT2D eigenvalue weighted by molar-refractivity contribution is 5.71. The molecule has 17 heavy (non-hydrogen) atoms. The smallest absolute Gasteiger partial charge is 0.330 e. The van der Waals surface area contributed by atoms with E-state index in [0.717, 1.165) is 0 Å². The number of aldehydes is 1. The third-order valence-electron chi connectivity index (χ3n) is 1.69. The van der Waals surface area contributed by atoms with Gasteiger partial charge in [-0.05, 0) is 6.07 Å². The van der Waals surface area contributed by atoms with Crippen LogP contribution in [0.25, 0.3) is 0 Å². The maximum absolute atomic E-state index is 12.4. The molecule has 0 aliphatic carbocycles. The molecule has 1 rings (SSSR count). The molecule has 4 nitrogen and oxygen atoms in total. The molecule has 0 saturated carbocycles. The van der Waals surface area contributed by atoms with E-state index in [9.17, 15) is 22.4 Å². The number of alkyl halides is 4. The Morgan fingerprint density at radius 2 is 2.18 bits per heavy atom. The Kier molecular flexibility index (Phi) is 4.50. The average molecular weight is 252 g/mol. The van der Waals surface area contributed by atoms with Gasteiger partial charge in [0.2, 0.25) is 0 Å². The van der Waals surface area contributed by atoms with Gasteiger partial charge in [0.1, 0.15) is 18.9 Å². The fourth-order valence-electron chi connectivity index (χ4n) is 0.891. The molecule has 0 aliphatic rings. The minimum Gasteiger partial charge on any atom is -0.367 e. The predicted molar refractivity (Wildman–Crippen MR) is 48.0 cm³/mol. The molecule has 1 aromatic rings. The van der Waals surface area contributed by atoms with E-state index in [4.69, 9.17) is 0 Å². The van der Waals surface area contributed by atoms with Crippen LogP contribution in [0, 0.1) is 0 Å². The third-order valence-corrected chi connectivity index (χ3v) is 1.69. The first kappa shape index (κ1) is 13.5. The lowest BCUT2D eigenvalue weighted by Crippen LogP contribution is -2.32. The van der Waals surface area contributed by atoms with Gasteiger partial charge in [-0.1, -0.05) is 0 Å². The zero-order valence-electron chi connectivity index (χ0n) is 8.45. The van der Waals surface area contributed by atoms with Crippen LogP contribution in [-0.2, 0) is 11.3 Å². The Bertz CT molecular complexity index is 387. The van der Waals surface area contributed by atoms with Gasteiger partial charge in [-0.15, -0.1) is 0 Å². The second kappa shape index (κ2) is 5.67. The SMILES string of the molecule is O=Cc1ccnc(COCC(F)(F)C(F)F)n1. The summed E-state index contributed by atoms with van der Waals surface area (Å²) in [5, 5.41) is 0. The van der Waals surface area contributed by atoms with Gasteiger partial charge in [-0.25, -0.2) is 18.7 Å². The van der Waals surface area contributed by atoms with Gasteiger partial charge in [0.05, 0.1) is 0 Å². The lowest BCUT2D eigenvalue weighted by Gasteiger charge is -2.14. The highest BCUT2D eigenvalue weighted by Gasteiger charge is 2.40. The van der Waals surface area contributed by atoms with E-state index in [-0.39, 0.29) is 11.5 Å². The molecule has 0 aromatic carbocycles. The summed E-state index contributed by atoms with van der Waals surface area (Å²) in [5.74, 6) is -4.23. The Morgan fingerprint density at radius 3 is 2.76 bits per heavy atom. The number of aromatic nitrogens is 2. The van der Waals surface area contributed by atoms with Crippen molar-refractivity contribution in [2.75, 3.05) is 6.61 Å². The van der Waals surface area contributed by atoms with E-state index >= 15 is 0 Å². The summed E-state index contributed by atoms with van der Waals surface area (Å²) in [7, 11) is 0. The van der Waals surface area contributed by atoms with Gasteiger partial charge < -0.3 is 4.74 Å². The maximum atomic E-state index is 12.4. The standard InChI is InChI=1S/C9H8F4N2O2/c10-8(11)9(12,13)5-17-4-7-14-2-1-6(3-16)15-7/h1-3,8H,4-5H2. The molecule has 0 N–H and O–H groups in total. The molecule has 0 radical (unpaired) electrons. The summed E-state index contributed by atoms with van der Waals surface area (Å²) in [4.78, 5) is 17.6. The first-order chi connectivity index (χ1) is 7.95. The van der Waals surface area contributed by atoms with Crippen molar-refractivity contribution in [3.05, 3.63) is 23.8 Å². The molecular formula is C9H8F4N2O2. The Hall–Kier alpha value is -1.57. The zero-order chi connectivity index (χ0) is 12.9. The highest BCUT2D eigenvalue weighted by Crippen LogP contribution is 2.23. The summed E-state index contributed by atoms with van der Waals surface area (Å²) in [6.07, 6.45) is -2.11. The van der Waals surface area contributed by atoms with E-state index in [1.807, 2.05) is 0 Å². The second-order valence-electron chi connectivity index (χ2n) is 3.07. The lowest BCUT2D eigenvalue weighted by molar-refractivity contribution is -0.168. The second-order valence-corrected chi connectivity index (χ2v) is 3.07. The number of carbonyl (C=O) groups is 1. The molecular weight excluding hydrogens is 244 g/mol. The minimum absolute atomic E-state index is 0.0281. The molecule has 0 fully saturated rings. The van der Waals surface area contributed by atoms with Crippen LogP contribution in [0.15, 0.2) is 12.3 Å². The summed E-state index contributed by atoms with van der Waals surface area (Å²) in [6.45, 7) is -1.90. The number of carbonyl (C=O) groups excluding carboxylic acids is 1. The largest absolute Gasteiger partial charge is 0.367 e. The topological polar surface area (TPSA) is 52.1 Å². The van der Waals surface area contributed by atoms with Gasteiger partial charge in [-0.2, -0.15) is 8.78 Å². The summed E-state index contributed by atoms with van der Waals surface area (Å²) < 4.78 is 52.7. The molecule has 8 heteroatoms. The van der Waals surface area contributed by atoms with Gasteiger partial charge in [0.25, 0.3) is 0 Å². The molecule has 0 amide bonds. The molecule has 0 atom stereocenters. The number of halogens is 4. The number of ether oxygens (including phenoxy) is 1. The quantitative estimate of drug-likeness (QED) is 0.571. The Balaban J connectivity index is 2.48. The van der Waals surface area contributed by atoms with Crippen LogP contribution in [0.1, 0.15) is 16.3 Å².